The number of hydrogen-bond donors (Lipinski definition) is 0. The fourth-order valence-electron chi connectivity index (χ4n) is 1.94. The van der Waals surface area contributed by atoms with E-state index in [0.29, 0.717) is 0 Å². The molecule has 2 rings (SSSR count). The van der Waals surface area contributed by atoms with E-state index in [1.165, 1.54) is 16.8 Å². The zero-order valence-corrected chi connectivity index (χ0v) is 14.1. The molecule has 0 unspecified atom stereocenters. The third kappa shape index (κ3) is 5.12. The Morgan fingerprint density at radius 2 is 1.65 bits per heavy atom. The topological polar surface area (TPSA) is 0 Å². The van der Waals surface area contributed by atoms with Gasteiger partial charge in [0.15, 0.2) is 0 Å². The molecule has 1 radical (unpaired) electrons. The summed E-state index contributed by atoms with van der Waals surface area (Å²) in [5, 5.41) is 2.84. The van der Waals surface area contributed by atoms with Crippen LogP contribution in [0.3, 0.4) is 0 Å². The molecule has 2 aromatic carbocycles. The van der Waals surface area contributed by atoms with E-state index >= 15 is 0 Å². The molecule has 0 aliphatic rings. The smallest absolute Gasteiger partial charge is 1.00 e. The monoisotopic (exact) mass is 323 g/mol. The maximum atomic E-state index is 2.43. The van der Waals surface area contributed by atoms with E-state index in [-0.39, 0.29) is 42.2 Å². The minimum Gasteiger partial charge on any atom is -1.00 e. The molecule has 0 aliphatic carbocycles. The van der Waals surface area contributed by atoms with Crippen molar-refractivity contribution in [3.8, 4) is 0 Å². The summed E-state index contributed by atoms with van der Waals surface area (Å²) in [6.07, 6.45) is 0. The maximum absolute atomic E-state index is 2.43. The van der Waals surface area contributed by atoms with Crippen LogP contribution in [0.2, 0.25) is 19.6 Å². The molecule has 0 aliphatic heterocycles. The van der Waals surface area contributed by atoms with Crippen LogP contribution in [0.4, 0.5) is 0 Å². The number of halogens is 2. The summed E-state index contributed by atoms with van der Waals surface area (Å²) >= 11 is 0. The Hall–Kier alpha value is 0.159. The fourth-order valence-corrected chi connectivity index (χ4v) is 3.39. The molecule has 0 atom stereocenters. The molecule has 0 N–H and O–H groups in total. The first kappa shape index (κ1) is 19.5. The molecule has 2 aromatic rings. The minimum atomic E-state index is -0.979. The van der Waals surface area contributed by atoms with Gasteiger partial charge in [0.1, 0.15) is 0 Å². The van der Waals surface area contributed by atoms with E-state index in [1.54, 1.807) is 5.56 Å². The van der Waals surface area contributed by atoms with Crippen LogP contribution in [0, 0.1) is 0 Å². The number of benzene rings is 1. The molecule has 0 bridgehead atoms. The van der Waals surface area contributed by atoms with Crippen molar-refractivity contribution in [3.05, 3.63) is 42.0 Å². The summed E-state index contributed by atoms with van der Waals surface area (Å²) in [6.45, 7) is 7.28. The van der Waals surface area contributed by atoms with Crippen molar-refractivity contribution in [3.63, 3.8) is 0 Å². The minimum absolute atomic E-state index is 0. The predicted octanol–water partition coefficient (Wildman–Crippen LogP) is -2.02. The molecule has 0 fully saturated rings. The molecule has 0 nitrogen and oxygen atoms in total. The van der Waals surface area contributed by atoms with Crippen LogP contribution in [0.1, 0.15) is 5.56 Å². The van der Waals surface area contributed by atoms with E-state index in [0.717, 1.165) is 0 Å². The second-order valence-corrected chi connectivity index (χ2v) is 10.7. The van der Waals surface area contributed by atoms with Crippen LogP contribution in [0.5, 0.6) is 0 Å². The van der Waals surface area contributed by atoms with Crippen molar-refractivity contribution in [1.82, 2.24) is 0 Å². The standard InChI is InChI=1S/C13H17Si.2ClH.Cr/c1-14(2,3)10-12-9-8-11-6-4-5-7-13(11)12;;;/h4-9H,10H2,1-3H3;2*1H;/q-1;;;+3/p-2. The van der Waals surface area contributed by atoms with Gasteiger partial charge in [-0.1, -0.05) is 31.8 Å². The molecule has 93 valence electrons. The van der Waals surface area contributed by atoms with E-state index in [2.05, 4.69) is 56.0 Å². The van der Waals surface area contributed by atoms with E-state index in [1.807, 2.05) is 0 Å². The van der Waals surface area contributed by atoms with Crippen molar-refractivity contribution >= 4 is 18.8 Å². The Morgan fingerprint density at radius 1 is 1.06 bits per heavy atom. The fraction of sp³-hybridized carbons (Fsp3) is 0.308. The van der Waals surface area contributed by atoms with Gasteiger partial charge in [-0.3, -0.25) is 0 Å². The van der Waals surface area contributed by atoms with Crippen molar-refractivity contribution in [2.45, 2.75) is 25.7 Å². The summed E-state index contributed by atoms with van der Waals surface area (Å²) in [5.41, 5.74) is 1.54. The van der Waals surface area contributed by atoms with Crippen LogP contribution in [0.15, 0.2) is 36.4 Å². The van der Waals surface area contributed by atoms with Gasteiger partial charge in [-0.05, 0) is 0 Å². The van der Waals surface area contributed by atoms with E-state index < -0.39 is 8.07 Å². The van der Waals surface area contributed by atoms with Crippen LogP contribution < -0.4 is 24.8 Å². The predicted molar refractivity (Wildman–Crippen MR) is 66.6 cm³/mol. The Kier molecular flexibility index (Phi) is 8.67. The molecule has 0 saturated carbocycles. The molecule has 0 aromatic heterocycles. The van der Waals surface area contributed by atoms with Gasteiger partial charge in [-0.2, -0.15) is 11.6 Å². The number of rotatable bonds is 2. The van der Waals surface area contributed by atoms with Gasteiger partial charge in [0.25, 0.3) is 0 Å². The number of hydrogen-bond acceptors (Lipinski definition) is 0. The van der Waals surface area contributed by atoms with Crippen molar-refractivity contribution in [2.24, 2.45) is 0 Å². The van der Waals surface area contributed by atoms with Gasteiger partial charge in [0, 0.05) is 8.07 Å². The normalized spacial score (nSPS) is 10.1. The van der Waals surface area contributed by atoms with Crippen LogP contribution >= 0.6 is 0 Å². The largest absolute Gasteiger partial charge is 3.00 e. The SMILES string of the molecule is C[Si](C)(C)Cc1c[cH-]c2ccccc12.[Cl-].[Cl-].[Cr+3]. The van der Waals surface area contributed by atoms with Crippen molar-refractivity contribution in [1.29, 1.82) is 0 Å². The van der Waals surface area contributed by atoms with Gasteiger partial charge >= 0.3 is 17.4 Å². The summed E-state index contributed by atoms with van der Waals surface area (Å²) in [5.74, 6) is 0. The van der Waals surface area contributed by atoms with Gasteiger partial charge in [-0.15, -0.1) is 35.0 Å². The van der Waals surface area contributed by atoms with Crippen molar-refractivity contribution < 1.29 is 42.2 Å². The van der Waals surface area contributed by atoms with Gasteiger partial charge < -0.3 is 24.8 Å². The summed E-state index contributed by atoms with van der Waals surface area (Å²) < 4.78 is 0. The van der Waals surface area contributed by atoms with Crippen molar-refractivity contribution in [2.75, 3.05) is 0 Å². The van der Waals surface area contributed by atoms with E-state index in [4.69, 9.17) is 0 Å². The molecular formula is C13H17Cl2CrSi. The van der Waals surface area contributed by atoms with E-state index in [9.17, 15) is 0 Å². The Labute approximate surface area is 128 Å². The van der Waals surface area contributed by atoms with Gasteiger partial charge in [0.2, 0.25) is 0 Å². The molecule has 0 heterocycles. The third-order valence-corrected chi connectivity index (χ3v) is 3.93. The van der Waals surface area contributed by atoms with Crippen LogP contribution in [-0.4, -0.2) is 8.07 Å². The maximum Gasteiger partial charge on any atom is 3.00 e. The summed E-state index contributed by atoms with van der Waals surface area (Å²) in [6, 6.07) is 14.5. The first-order valence-corrected chi connectivity index (χ1v) is 8.90. The second-order valence-electron chi connectivity index (χ2n) is 5.18. The number of fused-ring (bicyclic) bond motifs is 1. The summed E-state index contributed by atoms with van der Waals surface area (Å²) in [4.78, 5) is 0. The first-order chi connectivity index (χ1) is 6.56. The zero-order chi connectivity index (χ0) is 10.2. The Bertz CT molecular complexity index is 446. The van der Waals surface area contributed by atoms with Crippen LogP contribution in [0.25, 0.3) is 10.8 Å². The van der Waals surface area contributed by atoms with Gasteiger partial charge in [0.05, 0.1) is 0 Å². The molecule has 17 heavy (non-hydrogen) atoms. The van der Waals surface area contributed by atoms with Crippen LogP contribution in [-0.2, 0) is 23.4 Å². The summed E-state index contributed by atoms with van der Waals surface area (Å²) in [7, 11) is -0.979. The first-order valence-electron chi connectivity index (χ1n) is 5.20. The Balaban J connectivity index is 0. The third-order valence-electron chi connectivity index (χ3n) is 2.49. The molecule has 0 spiro atoms. The molecule has 0 amide bonds. The second kappa shape index (κ2) is 7.56. The van der Waals surface area contributed by atoms with Gasteiger partial charge in [-0.25, -0.2) is 0 Å². The molecule has 0 saturated heterocycles. The Morgan fingerprint density at radius 3 is 2.24 bits per heavy atom. The average molecular weight is 324 g/mol. The average Bonchev–Trinajstić information content (AvgIpc) is 2.47. The molecular weight excluding hydrogens is 307 g/mol. The quantitative estimate of drug-likeness (QED) is 0.442. The molecule has 4 heteroatoms. The zero-order valence-electron chi connectivity index (χ0n) is 10.3.